The van der Waals surface area contributed by atoms with Gasteiger partial charge in [-0.2, -0.15) is 11.8 Å². The second-order valence-electron chi connectivity index (χ2n) is 3.77. The summed E-state index contributed by atoms with van der Waals surface area (Å²) < 4.78 is 35.4. The Morgan fingerprint density at radius 1 is 1.44 bits per heavy atom. The summed E-state index contributed by atoms with van der Waals surface area (Å²) in [5, 5.41) is 8.74. The fourth-order valence-electron chi connectivity index (χ4n) is 1.25. The molecule has 4 nitrogen and oxygen atoms in total. The Morgan fingerprint density at radius 2 is 2.11 bits per heavy atom. The standard InChI is InChI=1S/C11H13FO4S2/c1-18(15,16)6-5-17-7-8-3-2-4-9(10(8)12)11(13)14/h2-4H,5-7H2,1H3,(H,13,14). The maximum absolute atomic E-state index is 13.7. The van der Waals surface area contributed by atoms with Crippen LogP contribution in [0.25, 0.3) is 0 Å². The van der Waals surface area contributed by atoms with Gasteiger partial charge in [0.25, 0.3) is 0 Å². The quantitative estimate of drug-likeness (QED) is 0.810. The van der Waals surface area contributed by atoms with Gasteiger partial charge >= 0.3 is 5.97 Å². The molecule has 0 aliphatic rings. The first-order valence-electron chi connectivity index (χ1n) is 5.07. The average molecular weight is 292 g/mol. The summed E-state index contributed by atoms with van der Waals surface area (Å²) in [5.74, 6) is -1.43. The fourth-order valence-corrected chi connectivity index (χ4v) is 3.52. The van der Waals surface area contributed by atoms with Crippen LogP contribution in [0.1, 0.15) is 15.9 Å². The molecule has 0 aliphatic heterocycles. The van der Waals surface area contributed by atoms with E-state index in [-0.39, 0.29) is 22.6 Å². The van der Waals surface area contributed by atoms with E-state index in [4.69, 9.17) is 5.11 Å². The highest BCUT2D eigenvalue weighted by Gasteiger charge is 2.13. The van der Waals surface area contributed by atoms with Gasteiger partial charge in [-0.05, 0) is 11.6 Å². The van der Waals surface area contributed by atoms with E-state index in [1.54, 1.807) is 0 Å². The first kappa shape index (κ1) is 15.0. The lowest BCUT2D eigenvalue weighted by molar-refractivity contribution is 0.0691. The van der Waals surface area contributed by atoms with Crippen LogP contribution in [0.3, 0.4) is 0 Å². The molecule has 0 amide bonds. The van der Waals surface area contributed by atoms with Crippen LogP contribution in [0.5, 0.6) is 0 Å². The minimum atomic E-state index is -3.02. The molecule has 0 heterocycles. The van der Waals surface area contributed by atoms with Gasteiger partial charge in [-0.15, -0.1) is 0 Å². The molecule has 0 radical (unpaired) electrons. The summed E-state index contributed by atoms with van der Waals surface area (Å²) in [6.07, 6.45) is 1.14. The molecule has 1 rings (SSSR count). The molecule has 0 saturated heterocycles. The van der Waals surface area contributed by atoms with Crippen molar-refractivity contribution in [2.45, 2.75) is 5.75 Å². The number of hydrogen-bond donors (Lipinski definition) is 1. The van der Waals surface area contributed by atoms with Gasteiger partial charge in [0.05, 0.1) is 11.3 Å². The van der Waals surface area contributed by atoms with E-state index in [9.17, 15) is 17.6 Å². The van der Waals surface area contributed by atoms with E-state index in [2.05, 4.69) is 0 Å². The Hall–Kier alpha value is -1.08. The summed E-state index contributed by atoms with van der Waals surface area (Å²) in [5.41, 5.74) is -0.0929. The number of carbonyl (C=O) groups is 1. The normalized spacial score (nSPS) is 11.4. The van der Waals surface area contributed by atoms with Crippen molar-refractivity contribution in [2.24, 2.45) is 0 Å². The molecule has 100 valence electrons. The second kappa shape index (κ2) is 6.19. The predicted octanol–water partition coefficient (Wildman–Crippen LogP) is 1.80. The molecule has 18 heavy (non-hydrogen) atoms. The molecule has 0 aliphatic carbocycles. The van der Waals surface area contributed by atoms with Gasteiger partial charge in [0.2, 0.25) is 0 Å². The zero-order chi connectivity index (χ0) is 13.8. The first-order chi connectivity index (χ1) is 8.31. The third-order valence-corrected chi connectivity index (χ3v) is 4.38. The zero-order valence-electron chi connectivity index (χ0n) is 9.72. The lowest BCUT2D eigenvalue weighted by atomic mass is 10.1. The Kier molecular flexibility index (Phi) is 5.15. The molecule has 1 aromatic rings. The number of aromatic carboxylic acids is 1. The van der Waals surface area contributed by atoms with Gasteiger partial charge < -0.3 is 5.11 Å². The van der Waals surface area contributed by atoms with Gasteiger partial charge in [0, 0.05) is 17.8 Å². The summed E-state index contributed by atoms with van der Waals surface area (Å²) in [4.78, 5) is 10.7. The van der Waals surface area contributed by atoms with Gasteiger partial charge in [-0.25, -0.2) is 17.6 Å². The van der Waals surface area contributed by atoms with Crippen LogP contribution in [0.2, 0.25) is 0 Å². The summed E-state index contributed by atoms with van der Waals surface area (Å²) in [7, 11) is -3.02. The van der Waals surface area contributed by atoms with Crippen molar-refractivity contribution in [3.8, 4) is 0 Å². The van der Waals surface area contributed by atoms with Gasteiger partial charge in [0.15, 0.2) is 0 Å². The predicted molar refractivity (Wildman–Crippen MR) is 69.2 cm³/mol. The highest BCUT2D eigenvalue weighted by Crippen LogP contribution is 2.19. The van der Waals surface area contributed by atoms with Crippen LogP contribution in [-0.2, 0) is 15.6 Å². The third-order valence-electron chi connectivity index (χ3n) is 2.17. The van der Waals surface area contributed by atoms with E-state index < -0.39 is 21.6 Å². The minimum absolute atomic E-state index is 0.0257. The summed E-state index contributed by atoms with van der Waals surface area (Å²) >= 11 is 1.26. The van der Waals surface area contributed by atoms with E-state index >= 15 is 0 Å². The maximum Gasteiger partial charge on any atom is 0.338 e. The monoisotopic (exact) mass is 292 g/mol. The van der Waals surface area contributed by atoms with Gasteiger partial charge in [-0.1, -0.05) is 12.1 Å². The van der Waals surface area contributed by atoms with Crippen LogP contribution in [0, 0.1) is 5.82 Å². The summed E-state index contributed by atoms with van der Waals surface area (Å²) in [6, 6.07) is 4.16. The number of halogens is 1. The van der Waals surface area contributed by atoms with E-state index in [0.717, 1.165) is 6.26 Å². The lowest BCUT2D eigenvalue weighted by Gasteiger charge is -2.05. The molecular weight excluding hydrogens is 279 g/mol. The van der Waals surface area contributed by atoms with Gasteiger partial charge in [-0.3, -0.25) is 0 Å². The molecule has 0 unspecified atom stereocenters. The van der Waals surface area contributed by atoms with Crippen molar-refractivity contribution < 1.29 is 22.7 Å². The number of carboxylic acid groups (broad SMARTS) is 1. The Morgan fingerprint density at radius 3 is 2.67 bits per heavy atom. The number of hydrogen-bond acceptors (Lipinski definition) is 4. The number of thioether (sulfide) groups is 1. The van der Waals surface area contributed by atoms with Crippen molar-refractivity contribution in [3.05, 3.63) is 35.1 Å². The molecular formula is C11H13FO4S2. The topological polar surface area (TPSA) is 71.4 Å². The summed E-state index contributed by atoms with van der Waals surface area (Å²) in [6.45, 7) is 0. The number of rotatable bonds is 6. The molecule has 0 fully saturated rings. The van der Waals surface area contributed by atoms with Crippen molar-refractivity contribution in [2.75, 3.05) is 17.8 Å². The van der Waals surface area contributed by atoms with Crippen LogP contribution in [0.15, 0.2) is 18.2 Å². The smallest absolute Gasteiger partial charge is 0.338 e. The maximum atomic E-state index is 13.7. The number of carboxylic acids is 1. The van der Waals surface area contributed by atoms with Crippen LogP contribution < -0.4 is 0 Å². The number of sulfone groups is 1. The second-order valence-corrected chi connectivity index (χ2v) is 7.13. The SMILES string of the molecule is CS(=O)(=O)CCSCc1cccc(C(=O)O)c1F. The average Bonchev–Trinajstić information content (AvgIpc) is 2.24. The Bertz CT molecular complexity index is 540. The molecule has 1 aromatic carbocycles. The van der Waals surface area contributed by atoms with Gasteiger partial charge in [0.1, 0.15) is 15.7 Å². The molecule has 0 spiro atoms. The molecule has 1 N–H and O–H groups in total. The largest absolute Gasteiger partial charge is 0.478 e. The van der Waals surface area contributed by atoms with Crippen molar-refractivity contribution >= 4 is 27.6 Å². The fraction of sp³-hybridized carbons (Fsp3) is 0.364. The van der Waals surface area contributed by atoms with E-state index in [1.807, 2.05) is 0 Å². The molecule has 0 saturated carbocycles. The van der Waals surface area contributed by atoms with Crippen LogP contribution in [0.4, 0.5) is 4.39 Å². The van der Waals surface area contributed by atoms with Crippen molar-refractivity contribution in [1.29, 1.82) is 0 Å². The Labute approximate surface area is 109 Å². The lowest BCUT2D eigenvalue weighted by Crippen LogP contribution is -2.06. The highest BCUT2D eigenvalue weighted by atomic mass is 32.2. The molecule has 0 bridgehead atoms. The third kappa shape index (κ3) is 4.66. The first-order valence-corrected chi connectivity index (χ1v) is 8.29. The molecule has 7 heteroatoms. The van der Waals surface area contributed by atoms with Crippen LogP contribution in [-0.4, -0.2) is 37.3 Å². The van der Waals surface area contributed by atoms with E-state index in [0.29, 0.717) is 5.75 Å². The molecule has 0 aromatic heterocycles. The number of benzene rings is 1. The van der Waals surface area contributed by atoms with E-state index in [1.165, 1.54) is 30.0 Å². The molecule has 0 atom stereocenters. The van der Waals surface area contributed by atoms with Crippen molar-refractivity contribution in [1.82, 2.24) is 0 Å². The highest BCUT2D eigenvalue weighted by molar-refractivity contribution is 7.99. The Balaban J connectivity index is 2.63. The zero-order valence-corrected chi connectivity index (χ0v) is 11.4. The van der Waals surface area contributed by atoms with Crippen LogP contribution >= 0.6 is 11.8 Å². The van der Waals surface area contributed by atoms with Crippen molar-refractivity contribution in [3.63, 3.8) is 0 Å². The minimum Gasteiger partial charge on any atom is -0.478 e.